The maximum absolute atomic E-state index is 12.8. The Balaban J connectivity index is 0.000000271. The fraction of sp³-hybridized carbons (Fsp3) is 0.300. The summed E-state index contributed by atoms with van der Waals surface area (Å²) in [6.45, 7) is 0. The van der Waals surface area contributed by atoms with Crippen molar-refractivity contribution < 1.29 is 24.2 Å². The Morgan fingerprint density at radius 1 is 0.852 bits per heavy atom. The van der Waals surface area contributed by atoms with Gasteiger partial charge in [0.25, 0.3) is 0 Å². The maximum atomic E-state index is 12.8. The Labute approximate surface area is 158 Å². The van der Waals surface area contributed by atoms with Crippen LogP contribution in [0.15, 0.2) is 54.6 Å². The number of likely N-dealkylation sites (N-methyl/N-ethyl adjacent to an activating group) is 2. The Morgan fingerprint density at radius 2 is 1.33 bits per heavy atom. The number of benzene rings is 2. The zero-order valence-corrected chi connectivity index (χ0v) is 15.4. The van der Waals surface area contributed by atoms with E-state index < -0.39 is 24.0 Å². The number of carboxylic acid groups (broad SMARTS) is 2. The predicted molar refractivity (Wildman–Crippen MR) is 101 cm³/mol. The minimum absolute atomic E-state index is 0.281. The molecular weight excluding hydrogens is 351 g/mol. The zero-order chi connectivity index (χ0) is 20.2. The second-order valence-corrected chi connectivity index (χ2v) is 5.88. The molecule has 6 nitrogen and oxygen atoms in total. The Hall–Kier alpha value is -2.77. The predicted octanol–water partition coefficient (Wildman–Crippen LogP) is 1.94. The monoisotopic (exact) mass is 376 g/mol. The van der Waals surface area contributed by atoms with Gasteiger partial charge < -0.3 is 20.8 Å². The number of hydrogen-bond donors (Lipinski definition) is 4. The number of aliphatic carboxylic acids is 2. The standard InChI is InChI=1S/C10H12FNO2.C10H13NO2/c1-12-9(10(13)14)6-7-3-2-4-8(11)5-7;1-11-9(10(12)13)7-8-5-3-2-4-6-8/h2-5,9,12H,6H2,1H3,(H,13,14);2-6,9,11H,7H2,1H3,(H,12,13)/t2*9-/m00/s1. The van der Waals surface area contributed by atoms with Crippen LogP contribution in [0.5, 0.6) is 0 Å². The van der Waals surface area contributed by atoms with Crippen molar-refractivity contribution in [1.29, 1.82) is 0 Å². The molecule has 0 aromatic heterocycles. The van der Waals surface area contributed by atoms with Crippen LogP contribution in [0.25, 0.3) is 0 Å². The lowest BCUT2D eigenvalue weighted by molar-refractivity contribution is -0.140. The molecule has 27 heavy (non-hydrogen) atoms. The van der Waals surface area contributed by atoms with Crippen LogP contribution in [0.3, 0.4) is 0 Å². The summed E-state index contributed by atoms with van der Waals surface area (Å²) in [6, 6.07) is 14.4. The Kier molecular flexibility index (Phi) is 9.71. The molecule has 4 N–H and O–H groups in total. The van der Waals surface area contributed by atoms with Crippen LogP contribution in [-0.2, 0) is 22.4 Å². The average molecular weight is 376 g/mol. The van der Waals surface area contributed by atoms with Crippen molar-refractivity contribution in [3.8, 4) is 0 Å². The molecule has 0 aliphatic carbocycles. The average Bonchev–Trinajstić information content (AvgIpc) is 2.65. The van der Waals surface area contributed by atoms with Crippen LogP contribution < -0.4 is 10.6 Å². The lowest BCUT2D eigenvalue weighted by Gasteiger charge is -2.10. The molecule has 0 bridgehead atoms. The summed E-state index contributed by atoms with van der Waals surface area (Å²) in [4.78, 5) is 21.3. The highest BCUT2D eigenvalue weighted by atomic mass is 19.1. The molecule has 2 aromatic carbocycles. The second-order valence-electron chi connectivity index (χ2n) is 5.88. The van der Waals surface area contributed by atoms with Crippen LogP contribution >= 0.6 is 0 Å². The summed E-state index contributed by atoms with van der Waals surface area (Å²) in [5.74, 6) is -2.09. The first kappa shape index (κ1) is 22.3. The van der Waals surface area contributed by atoms with Crippen LogP contribution in [0.2, 0.25) is 0 Å². The molecule has 7 heteroatoms. The smallest absolute Gasteiger partial charge is 0.321 e. The van der Waals surface area contributed by atoms with Crippen molar-refractivity contribution in [1.82, 2.24) is 10.6 Å². The Bertz CT molecular complexity index is 725. The minimum atomic E-state index is -0.934. The van der Waals surface area contributed by atoms with Gasteiger partial charge in [0.05, 0.1) is 0 Å². The topological polar surface area (TPSA) is 98.7 Å². The fourth-order valence-electron chi connectivity index (χ4n) is 2.38. The van der Waals surface area contributed by atoms with Gasteiger partial charge in [0, 0.05) is 0 Å². The molecule has 0 fully saturated rings. The third-order valence-corrected chi connectivity index (χ3v) is 3.90. The van der Waals surface area contributed by atoms with Crippen LogP contribution in [-0.4, -0.2) is 48.3 Å². The largest absolute Gasteiger partial charge is 0.480 e. The number of halogens is 1. The molecule has 0 aliphatic heterocycles. The van der Waals surface area contributed by atoms with E-state index in [1.807, 2.05) is 30.3 Å². The van der Waals surface area contributed by atoms with Crippen molar-refractivity contribution in [2.75, 3.05) is 14.1 Å². The molecule has 2 aromatic rings. The van der Waals surface area contributed by atoms with Gasteiger partial charge in [-0.2, -0.15) is 0 Å². The number of carboxylic acids is 2. The van der Waals surface area contributed by atoms with Gasteiger partial charge in [-0.3, -0.25) is 9.59 Å². The molecule has 0 amide bonds. The fourth-order valence-corrected chi connectivity index (χ4v) is 2.38. The Morgan fingerprint density at radius 3 is 1.78 bits per heavy atom. The SMILES string of the molecule is CN[C@@H](Cc1cccc(F)c1)C(=O)O.CN[C@@H](Cc1ccccc1)C(=O)O. The number of nitrogens with one attached hydrogen (secondary N) is 2. The van der Waals surface area contributed by atoms with Gasteiger partial charge >= 0.3 is 11.9 Å². The van der Waals surface area contributed by atoms with Gasteiger partial charge in [-0.1, -0.05) is 42.5 Å². The summed E-state index contributed by atoms with van der Waals surface area (Å²) in [5, 5.41) is 22.9. The summed E-state index contributed by atoms with van der Waals surface area (Å²) in [5.41, 5.74) is 1.70. The molecule has 0 heterocycles. The summed E-state index contributed by atoms with van der Waals surface area (Å²) in [6.07, 6.45) is 0.802. The second kappa shape index (κ2) is 11.8. The van der Waals surface area contributed by atoms with Crippen molar-refractivity contribution in [3.63, 3.8) is 0 Å². The zero-order valence-electron chi connectivity index (χ0n) is 15.4. The highest BCUT2D eigenvalue weighted by Crippen LogP contribution is 2.06. The van der Waals surface area contributed by atoms with Gasteiger partial charge in [-0.15, -0.1) is 0 Å². The van der Waals surface area contributed by atoms with E-state index in [9.17, 15) is 14.0 Å². The molecule has 0 aliphatic rings. The van der Waals surface area contributed by atoms with Crippen molar-refractivity contribution >= 4 is 11.9 Å². The highest BCUT2D eigenvalue weighted by Gasteiger charge is 2.15. The van der Waals surface area contributed by atoms with Gasteiger partial charge in [0.2, 0.25) is 0 Å². The van der Waals surface area contributed by atoms with E-state index in [1.165, 1.54) is 12.1 Å². The first-order valence-corrected chi connectivity index (χ1v) is 8.45. The van der Waals surface area contributed by atoms with Crippen LogP contribution in [0, 0.1) is 5.82 Å². The molecule has 2 atom stereocenters. The van der Waals surface area contributed by atoms with E-state index in [0.717, 1.165) is 5.56 Å². The molecular formula is C20H25FN2O4. The van der Waals surface area contributed by atoms with Crippen LogP contribution in [0.4, 0.5) is 4.39 Å². The summed E-state index contributed by atoms with van der Waals surface area (Å²) in [7, 11) is 3.22. The van der Waals surface area contributed by atoms with Crippen LogP contribution in [0.1, 0.15) is 11.1 Å². The van der Waals surface area contributed by atoms with E-state index in [2.05, 4.69) is 10.6 Å². The first-order chi connectivity index (χ1) is 12.9. The minimum Gasteiger partial charge on any atom is -0.480 e. The van der Waals surface area contributed by atoms with E-state index in [4.69, 9.17) is 10.2 Å². The van der Waals surface area contributed by atoms with Crippen molar-refractivity contribution in [2.24, 2.45) is 0 Å². The van der Waals surface area contributed by atoms with Gasteiger partial charge in [0.15, 0.2) is 0 Å². The van der Waals surface area contributed by atoms with E-state index in [0.29, 0.717) is 12.0 Å². The molecule has 0 radical (unpaired) electrons. The number of rotatable bonds is 8. The molecule has 0 spiro atoms. The number of carbonyl (C=O) groups is 2. The lowest BCUT2D eigenvalue weighted by atomic mass is 10.1. The molecule has 0 unspecified atom stereocenters. The van der Waals surface area contributed by atoms with Crippen molar-refractivity contribution in [2.45, 2.75) is 24.9 Å². The van der Waals surface area contributed by atoms with Gasteiger partial charge in [-0.25, -0.2) is 4.39 Å². The molecule has 2 rings (SSSR count). The van der Waals surface area contributed by atoms with Gasteiger partial charge in [-0.05, 0) is 50.2 Å². The summed E-state index contributed by atoms with van der Waals surface area (Å²) < 4.78 is 12.8. The summed E-state index contributed by atoms with van der Waals surface area (Å²) >= 11 is 0. The first-order valence-electron chi connectivity index (χ1n) is 8.45. The van der Waals surface area contributed by atoms with E-state index >= 15 is 0 Å². The normalized spacial score (nSPS) is 12.4. The molecule has 146 valence electrons. The molecule has 0 saturated heterocycles. The number of hydrogen-bond acceptors (Lipinski definition) is 4. The third-order valence-electron chi connectivity index (χ3n) is 3.90. The van der Waals surface area contributed by atoms with E-state index in [1.54, 1.807) is 26.2 Å². The highest BCUT2D eigenvalue weighted by molar-refractivity contribution is 5.74. The van der Waals surface area contributed by atoms with E-state index in [-0.39, 0.29) is 12.2 Å². The van der Waals surface area contributed by atoms with Crippen molar-refractivity contribution in [3.05, 3.63) is 71.5 Å². The maximum Gasteiger partial charge on any atom is 0.321 e. The quantitative estimate of drug-likeness (QED) is 0.562. The third kappa shape index (κ3) is 8.44. The van der Waals surface area contributed by atoms with Gasteiger partial charge in [0.1, 0.15) is 17.9 Å². The lowest BCUT2D eigenvalue weighted by Crippen LogP contribution is -2.35. The molecule has 0 saturated carbocycles.